The number of rotatable bonds is 4. The van der Waals surface area contributed by atoms with Gasteiger partial charge in [0.25, 0.3) is 0 Å². The molecule has 134 valence electrons. The lowest BCUT2D eigenvalue weighted by Crippen LogP contribution is -2.30. The van der Waals surface area contributed by atoms with Gasteiger partial charge in [0.05, 0.1) is 18.9 Å². The Hall–Kier alpha value is -2.12. The van der Waals surface area contributed by atoms with Crippen LogP contribution in [0.25, 0.3) is 11.3 Å². The van der Waals surface area contributed by atoms with E-state index in [1.807, 2.05) is 36.4 Å². The Labute approximate surface area is 160 Å². The second-order valence-corrected chi connectivity index (χ2v) is 6.62. The summed E-state index contributed by atoms with van der Waals surface area (Å²) in [5.41, 5.74) is 2.74. The number of aromatic nitrogens is 1. The Balaban J connectivity index is 1.55. The van der Waals surface area contributed by atoms with E-state index in [2.05, 4.69) is 35.9 Å². The Morgan fingerprint density at radius 3 is 2.58 bits per heavy atom. The van der Waals surface area contributed by atoms with E-state index >= 15 is 0 Å². The molecule has 0 saturated carbocycles. The highest BCUT2D eigenvalue weighted by Crippen LogP contribution is 2.19. The molecule has 2 heterocycles. The van der Waals surface area contributed by atoms with Crippen LogP contribution in [0.3, 0.4) is 0 Å². The molecule has 4 heteroatoms. The van der Waals surface area contributed by atoms with E-state index in [-0.39, 0.29) is 0 Å². The van der Waals surface area contributed by atoms with Crippen molar-refractivity contribution in [1.82, 2.24) is 4.98 Å². The van der Waals surface area contributed by atoms with Crippen molar-refractivity contribution in [2.24, 2.45) is 5.92 Å². The first kappa shape index (κ1) is 18.7. The molecule has 1 saturated heterocycles. The molecule has 0 unspecified atom stereocenters. The zero-order chi connectivity index (χ0) is 18.2. The number of allylic oxidation sites excluding steroid dienone is 1. The SMILES string of the molecule is CCCC=C[C@H]1CO[C@H](C#Cc2ccc(-c3ccc(Cl)cc3)nc2)OC1. The highest BCUT2D eigenvalue weighted by molar-refractivity contribution is 6.30. The molecule has 0 bridgehead atoms. The number of unbranched alkanes of at least 4 members (excludes halogenated alkanes) is 1. The number of nitrogens with zero attached hydrogens (tertiary/aromatic N) is 1. The molecule has 0 amide bonds. The first-order valence-electron chi connectivity index (χ1n) is 8.88. The number of pyridine rings is 1. The van der Waals surface area contributed by atoms with Gasteiger partial charge in [-0.25, -0.2) is 0 Å². The third kappa shape index (κ3) is 5.44. The van der Waals surface area contributed by atoms with Gasteiger partial charge >= 0.3 is 0 Å². The summed E-state index contributed by atoms with van der Waals surface area (Å²) in [7, 11) is 0. The van der Waals surface area contributed by atoms with E-state index in [4.69, 9.17) is 21.1 Å². The van der Waals surface area contributed by atoms with E-state index in [0.717, 1.165) is 29.7 Å². The number of benzene rings is 1. The molecule has 1 aromatic heterocycles. The summed E-state index contributed by atoms with van der Waals surface area (Å²) in [6.07, 6.45) is 7.91. The summed E-state index contributed by atoms with van der Waals surface area (Å²) in [6, 6.07) is 11.5. The van der Waals surface area contributed by atoms with Gasteiger partial charge < -0.3 is 9.47 Å². The molecule has 1 aliphatic rings. The molecule has 1 aliphatic heterocycles. The number of hydrogen-bond donors (Lipinski definition) is 0. The summed E-state index contributed by atoms with van der Waals surface area (Å²) >= 11 is 5.91. The van der Waals surface area contributed by atoms with Gasteiger partial charge in [-0.15, -0.1) is 0 Å². The van der Waals surface area contributed by atoms with Crippen molar-refractivity contribution in [3.8, 4) is 23.1 Å². The average Bonchev–Trinajstić information content (AvgIpc) is 2.69. The molecule has 26 heavy (non-hydrogen) atoms. The summed E-state index contributed by atoms with van der Waals surface area (Å²) in [4.78, 5) is 4.46. The van der Waals surface area contributed by atoms with E-state index < -0.39 is 6.29 Å². The van der Waals surface area contributed by atoms with Gasteiger partial charge in [-0.1, -0.05) is 55.2 Å². The maximum absolute atomic E-state index is 5.91. The van der Waals surface area contributed by atoms with Crippen LogP contribution in [0, 0.1) is 17.8 Å². The van der Waals surface area contributed by atoms with Crippen LogP contribution in [0.4, 0.5) is 0 Å². The Morgan fingerprint density at radius 2 is 1.92 bits per heavy atom. The molecule has 0 spiro atoms. The van der Waals surface area contributed by atoms with Gasteiger partial charge in [0, 0.05) is 28.3 Å². The minimum atomic E-state index is -0.471. The molecule has 1 aromatic carbocycles. The van der Waals surface area contributed by atoms with E-state index in [9.17, 15) is 0 Å². The lowest BCUT2D eigenvalue weighted by atomic mass is 10.1. The van der Waals surface area contributed by atoms with E-state index in [1.165, 1.54) is 0 Å². The molecule has 3 rings (SSSR count). The topological polar surface area (TPSA) is 31.4 Å². The molecular weight excluding hydrogens is 346 g/mol. The lowest BCUT2D eigenvalue weighted by Gasteiger charge is -2.24. The van der Waals surface area contributed by atoms with Crippen molar-refractivity contribution in [2.75, 3.05) is 13.2 Å². The van der Waals surface area contributed by atoms with Gasteiger partial charge in [-0.3, -0.25) is 4.98 Å². The van der Waals surface area contributed by atoms with Gasteiger partial charge in [0.1, 0.15) is 0 Å². The second kappa shape index (κ2) is 9.54. The minimum Gasteiger partial charge on any atom is -0.341 e. The molecule has 0 aliphatic carbocycles. The molecule has 0 radical (unpaired) electrons. The zero-order valence-corrected chi connectivity index (χ0v) is 15.6. The number of halogens is 1. The van der Waals surface area contributed by atoms with Crippen LogP contribution < -0.4 is 0 Å². The Kier molecular flexibility index (Phi) is 6.85. The monoisotopic (exact) mass is 367 g/mol. The highest BCUT2D eigenvalue weighted by Gasteiger charge is 2.18. The van der Waals surface area contributed by atoms with Gasteiger partial charge in [-0.2, -0.15) is 0 Å². The summed E-state index contributed by atoms with van der Waals surface area (Å²) < 4.78 is 11.3. The van der Waals surface area contributed by atoms with Crippen LogP contribution in [0.5, 0.6) is 0 Å². The van der Waals surface area contributed by atoms with Gasteiger partial charge in [-0.05, 0) is 36.6 Å². The summed E-state index contributed by atoms with van der Waals surface area (Å²) in [5, 5.41) is 0.715. The lowest BCUT2D eigenvalue weighted by molar-refractivity contribution is -0.160. The van der Waals surface area contributed by atoms with Crippen LogP contribution in [0.1, 0.15) is 25.3 Å². The Morgan fingerprint density at radius 1 is 1.15 bits per heavy atom. The predicted octanol–water partition coefficient (Wildman–Crippen LogP) is 5.10. The smallest absolute Gasteiger partial charge is 0.222 e. The minimum absolute atomic E-state index is 0.319. The molecule has 0 atom stereocenters. The van der Waals surface area contributed by atoms with E-state index in [0.29, 0.717) is 24.2 Å². The maximum atomic E-state index is 5.91. The quantitative estimate of drug-likeness (QED) is 0.556. The molecule has 1 fully saturated rings. The first-order chi connectivity index (χ1) is 12.7. The molecule has 3 nitrogen and oxygen atoms in total. The van der Waals surface area contributed by atoms with E-state index in [1.54, 1.807) is 6.20 Å². The van der Waals surface area contributed by atoms with Crippen molar-refractivity contribution in [3.63, 3.8) is 0 Å². The van der Waals surface area contributed by atoms with Crippen molar-refractivity contribution < 1.29 is 9.47 Å². The van der Waals surface area contributed by atoms with Crippen LogP contribution in [0.2, 0.25) is 5.02 Å². The van der Waals surface area contributed by atoms with Gasteiger partial charge in [0.2, 0.25) is 6.29 Å². The van der Waals surface area contributed by atoms with Crippen LogP contribution in [-0.2, 0) is 9.47 Å². The number of hydrogen-bond acceptors (Lipinski definition) is 3. The second-order valence-electron chi connectivity index (χ2n) is 6.18. The largest absolute Gasteiger partial charge is 0.341 e. The summed E-state index contributed by atoms with van der Waals surface area (Å²) in [5.74, 6) is 6.40. The van der Waals surface area contributed by atoms with Crippen molar-refractivity contribution in [3.05, 3.63) is 65.3 Å². The maximum Gasteiger partial charge on any atom is 0.222 e. The first-order valence-corrected chi connectivity index (χ1v) is 9.26. The third-order valence-electron chi connectivity index (χ3n) is 4.02. The average molecular weight is 368 g/mol. The van der Waals surface area contributed by atoms with Crippen molar-refractivity contribution in [1.29, 1.82) is 0 Å². The third-order valence-corrected chi connectivity index (χ3v) is 4.28. The van der Waals surface area contributed by atoms with Crippen molar-refractivity contribution >= 4 is 11.6 Å². The predicted molar refractivity (Wildman–Crippen MR) is 105 cm³/mol. The fourth-order valence-electron chi connectivity index (χ4n) is 2.57. The normalized spacial score (nSPS) is 19.9. The van der Waals surface area contributed by atoms with Crippen LogP contribution >= 0.6 is 11.6 Å². The molecule has 0 N–H and O–H groups in total. The summed E-state index contributed by atoms with van der Waals surface area (Å²) in [6.45, 7) is 3.46. The zero-order valence-electron chi connectivity index (χ0n) is 14.8. The van der Waals surface area contributed by atoms with Crippen molar-refractivity contribution in [2.45, 2.75) is 26.1 Å². The van der Waals surface area contributed by atoms with Gasteiger partial charge in [0.15, 0.2) is 0 Å². The molecule has 2 aromatic rings. The standard InChI is InChI=1S/C22H22ClNO2/c1-2-3-4-5-18-15-25-22(26-16-18)13-7-17-6-12-21(24-14-17)19-8-10-20(23)11-9-19/h4-6,8-12,14,18,22H,2-3,15-16H2,1H3/t18-,22-. The van der Waals surface area contributed by atoms with Crippen LogP contribution in [-0.4, -0.2) is 24.5 Å². The fraction of sp³-hybridized carbons (Fsp3) is 0.318. The highest BCUT2D eigenvalue weighted by atomic mass is 35.5. The fourth-order valence-corrected chi connectivity index (χ4v) is 2.70. The number of ether oxygens (including phenoxy) is 2. The molecular formula is C22H22ClNO2. The Bertz CT molecular complexity index is 780. The van der Waals surface area contributed by atoms with Crippen LogP contribution in [0.15, 0.2) is 54.7 Å².